The Morgan fingerprint density at radius 2 is 2.20 bits per heavy atom. The molecule has 4 nitrogen and oxygen atoms in total. The molecule has 0 aliphatic rings. The van der Waals surface area contributed by atoms with E-state index in [1.807, 2.05) is 0 Å². The molecular weight excluding hydrogens is 154 g/mol. The predicted molar refractivity (Wildman–Crippen MR) is 39.0 cm³/mol. The lowest BCUT2D eigenvalue weighted by Gasteiger charge is -1.84. The number of hydrogen-bond acceptors (Lipinski definition) is 4. The Morgan fingerprint density at radius 3 is 2.60 bits per heavy atom. The van der Waals surface area contributed by atoms with Crippen LogP contribution in [0.2, 0.25) is 0 Å². The van der Waals surface area contributed by atoms with E-state index in [9.17, 15) is 0 Å². The van der Waals surface area contributed by atoms with Crippen LogP contribution in [0.1, 0.15) is 11.8 Å². The molecule has 10 heavy (non-hydrogen) atoms. The fourth-order valence-electron chi connectivity index (χ4n) is 0.562. The van der Waals surface area contributed by atoms with Crippen molar-refractivity contribution >= 4 is 12.4 Å². The van der Waals surface area contributed by atoms with Crippen molar-refractivity contribution in [2.24, 2.45) is 5.73 Å². The summed E-state index contributed by atoms with van der Waals surface area (Å²) in [5.41, 5.74) is 5.24. The number of nitrogens with zero attached hydrogens (tertiary/aromatic N) is 2. The summed E-state index contributed by atoms with van der Waals surface area (Å²) < 4.78 is 5.02. The van der Waals surface area contributed by atoms with Gasteiger partial charge in [-0.05, 0) is 0 Å². The van der Waals surface area contributed by atoms with Gasteiger partial charge in [-0.1, -0.05) is 0 Å². The molecule has 1 heterocycles. The number of nitrogens with two attached hydrogens (primary N) is 1. The van der Waals surface area contributed by atoms with Crippen LogP contribution >= 0.6 is 12.4 Å². The van der Waals surface area contributed by atoms with Gasteiger partial charge in [-0.2, -0.15) is 0 Å². The molecule has 0 aliphatic heterocycles. The summed E-state index contributed by atoms with van der Waals surface area (Å²) in [7, 11) is 0. The van der Waals surface area contributed by atoms with E-state index >= 15 is 0 Å². The third-order valence-electron chi connectivity index (χ3n) is 0.926. The van der Waals surface area contributed by atoms with Crippen LogP contribution in [0.5, 0.6) is 0 Å². The van der Waals surface area contributed by atoms with Crippen molar-refractivity contribution in [2.75, 3.05) is 6.54 Å². The highest BCUT2D eigenvalue weighted by Gasteiger charge is 1.97. The Balaban J connectivity index is 0.000000810. The number of rotatable bonds is 2. The predicted octanol–water partition coefficient (Wildman–Crippen LogP) is 0.301. The summed E-state index contributed by atoms with van der Waals surface area (Å²) >= 11 is 0. The van der Waals surface area contributed by atoms with Crippen molar-refractivity contribution in [3.8, 4) is 0 Å². The van der Waals surface area contributed by atoms with E-state index in [4.69, 9.17) is 10.2 Å². The Hall–Kier alpha value is -0.610. The lowest BCUT2D eigenvalue weighted by Crippen LogP contribution is -2.02. The fraction of sp³-hybridized carbons (Fsp3) is 0.600. The Kier molecular flexibility index (Phi) is 3.99. The highest BCUT2D eigenvalue weighted by Crippen LogP contribution is 1.96. The van der Waals surface area contributed by atoms with Gasteiger partial charge >= 0.3 is 0 Å². The van der Waals surface area contributed by atoms with Crippen LogP contribution in [0.15, 0.2) is 4.42 Å². The monoisotopic (exact) mass is 163 g/mol. The summed E-state index contributed by atoms with van der Waals surface area (Å²) in [4.78, 5) is 0. The van der Waals surface area contributed by atoms with Crippen molar-refractivity contribution in [1.29, 1.82) is 0 Å². The Labute approximate surface area is 65.2 Å². The maximum atomic E-state index is 5.24. The second-order valence-electron chi connectivity index (χ2n) is 1.75. The van der Waals surface area contributed by atoms with Gasteiger partial charge in [-0.15, -0.1) is 22.6 Å². The summed E-state index contributed by atoms with van der Waals surface area (Å²) in [6.45, 7) is 2.31. The van der Waals surface area contributed by atoms with Gasteiger partial charge in [0, 0.05) is 19.9 Å². The van der Waals surface area contributed by atoms with Gasteiger partial charge in [-0.25, -0.2) is 0 Å². The van der Waals surface area contributed by atoms with Crippen molar-refractivity contribution in [3.63, 3.8) is 0 Å². The van der Waals surface area contributed by atoms with Gasteiger partial charge in [-0.3, -0.25) is 0 Å². The number of hydrogen-bond donors (Lipinski definition) is 1. The Bertz CT molecular complexity index is 189. The minimum Gasteiger partial charge on any atom is -0.426 e. The van der Waals surface area contributed by atoms with E-state index in [2.05, 4.69) is 10.2 Å². The quantitative estimate of drug-likeness (QED) is 0.681. The first-order valence-corrected chi connectivity index (χ1v) is 2.82. The summed E-state index contributed by atoms with van der Waals surface area (Å²) in [6, 6.07) is 0. The topological polar surface area (TPSA) is 64.9 Å². The number of aromatic nitrogens is 2. The SMILES string of the molecule is Cc1nnc(CCN)o1.Cl. The normalized spacial score (nSPS) is 9.00. The summed E-state index contributed by atoms with van der Waals surface area (Å²) in [5, 5.41) is 7.37. The van der Waals surface area contributed by atoms with Gasteiger partial charge in [0.1, 0.15) is 0 Å². The molecule has 0 saturated carbocycles. The van der Waals surface area contributed by atoms with Crippen molar-refractivity contribution in [2.45, 2.75) is 13.3 Å². The molecule has 58 valence electrons. The van der Waals surface area contributed by atoms with E-state index in [1.165, 1.54) is 0 Å². The molecular formula is C5H10ClN3O. The second-order valence-corrected chi connectivity index (χ2v) is 1.75. The third-order valence-corrected chi connectivity index (χ3v) is 0.926. The van der Waals surface area contributed by atoms with Crippen molar-refractivity contribution < 1.29 is 4.42 Å². The fourth-order valence-corrected chi connectivity index (χ4v) is 0.562. The molecule has 0 spiro atoms. The molecule has 0 unspecified atom stereocenters. The molecule has 0 aliphatic carbocycles. The van der Waals surface area contributed by atoms with Crippen LogP contribution < -0.4 is 5.73 Å². The average molecular weight is 164 g/mol. The molecule has 0 saturated heterocycles. The van der Waals surface area contributed by atoms with Gasteiger partial charge < -0.3 is 10.2 Å². The first kappa shape index (κ1) is 9.39. The zero-order valence-corrected chi connectivity index (χ0v) is 6.52. The van der Waals surface area contributed by atoms with Crippen molar-refractivity contribution in [1.82, 2.24) is 10.2 Å². The molecule has 0 radical (unpaired) electrons. The van der Waals surface area contributed by atoms with Gasteiger partial charge in [0.05, 0.1) is 0 Å². The smallest absolute Gasteiger partial charge is 0.217 e. The lowest BCUT2D eigenvalue weighted by molar-refractivity contribution is 0.469. The minimum absolute atomic E-state index is 0. The number of halogens is 1. The molecule has 0 amide bonds. The summed E-state index contributed by atoms with van der Waals surface area (Å²) in [5.74, 6) is 1.22. The lowest BCUT2D eigenvalue weighted by atomic mass is 10.4. The minimum atomic E-state index is 0. The van der Waals surface area contributed by atoms with Gasteiger partial charge in [0.15, 0.2) is 0 Å². The van der Waals surface area contributed by atoms with Crippen molar-refractivity contribution in [3.05, 3.63) is 11.8 Å². The Morgan fingerprint density at radius 1 is 1.50 bits per heavy atom. The molecule has 5 heteroatoms. The molecule has 0 fully saturated rings. The zero-order chi connectivity index (χ0) is 6.69. The third kappa shape index (κ3) is 2.33. The average Bonchev–Trinajstić information content (AvgIpc) is 2.17. The van der Waals surface area contributed by atoms with Crippen LogP contribution in [-0.2, 0) is 6.42 Å². The molecule has 0 aromatic carbocycles. The van der Waals surface area contributed by atoms with E-state index in [0.717, 1.165) is 0 Å². The molecule has 1 aromatic heterocycles. The van der Waals surface area contributed by atoms with Crippen LogP contribution in [0.4, 0.5) is 0 Å². The highest BCUT2D eigenvalue weighted by atomic mass is 35.5. The highest BCUT2D eigenvalue weighted by molar-refractivity contribution is 5.85. The van der Waals surface area contributed by atoms with Crippen LogP contribution in [-0.4, -0.2) is 16.7 Å². The van der Waals surface area contributed by atoms with E-state index in [0.29, 0.717) is 24.7 Å². The van der Waals surface area contributed by atoms with Crippen LogP contribution in [0.25, 0.3) is 0 Å². The van der Waals surface area contributed by atoms with E-state index in [-0.39, 0.29) is 12.4 Å². The van der Waals surface area contributed by atoms with Gasteiger partial charge in [0.25, 0.3) is 0 Å². The zero-order valence-electron chi connectivity index (χ0n) is 5.70. The molecule has 0 bridgehead atoms. The van der Waals surface area contributed by atoms with E-state index in [1.54, 1.807) is 6.92 Å². The number of aryl methyl sites for hydroxylation is 1. The largest absolute Gasteiger partial charge is 0.426 e. The second kappa shape index (κ2) is 4.24. The molecule has 1 aromatic rings. The van der Waals surface area contributed by atoms with E-state index < -0.39 is 0 Å². The van der Waals surface area contributed by atoms with Crippen LogP contribution in [0.3, 0.4) is 0 Å². The molecule has 1 rings (SSSR count). The molecule has 0 atom stereocenters. The first-order chi connectivity index (χ1) is 4.33. The first-order valence-electron chi connectivity index (χ1n) is 2.82. The standard InChI is InChI=1S/C5H9N3O.ClH/c1-4-7-8-5(9-4)2-3-6;/h2-3,6H2,1H3;1H. The molecule has 2 N–H and O–H groups in total. The maximum absolute atomic E-state index is 5.24. The van der Waals surface area contributed by atoms with Crippen LogP contribution in [0, 0.1) is 6.92 Å². The summed E-state index contributed by atoms with van der Waals surface area (Å²) in [6.07, 6.45) is 0.668. The maximum Gasteiger partial charge on any atom is 0.217 e. The van der Waals surface area contributed by atoms with Gasteiger partial charge in [0.2, 0.25) is 11.8 Å².